The van der Waals surface area contributed by atoms with Crippen molar-refractivity contribution in [3.8, 4) is 0 Å². The van der Waals surface area contributed by atoms with E-state index in [2.05, 4.69) is 17.6 Å². The molecule has 1 aromatic carbocycles. The molecule has 4 unspecified atom stereocenters. The third-order valence-corrected chi connectivity index (χ3v) is 5.34. The second kappa shape index (κ2) is 6.69. The molecule has 124 valence electrons. The number of carbonyl (C=O) groups is 2. The Balaban J connectivity index is 1.44. The molecule has 2 fully saturated rings. The Morgan fingerprint density at radius 1 is 1.22 bits per heavy atom. The number of amides is 2. The van der Waals surface area contributed by atoms with E-state index in [1.54, 1.807) is 0 Å². The lowest BCUT2D eigenvalue weighted by Crippen LogP contribution is -2.44. The third-order valence-electron chi connectivity index (χ3n) is 5.34. The molecule has 2 N–H and O–H groups in total. The summed E-state index contributed by atoms with van der Waals surface area (Å²) in [5.74, 6) is 1.25. The molecule has 1 aromatic rings. The third kappa shape index (κ3) is 3.71. The fourth-order valence-corrected chi connectivity index (χ4v) is 4.18. The molecule has 0 radical (unpaired) electrons. The summed E-state index contributed by atoms with van der Waals surface area (Å²) in [7, 11) is 0. The van der Waals surface area contributed by atoms with Crippen LogP contribution in [-0.2, 0) is 4.79 Å². The van der Waals surface area contributed by atoms with Crippen LogP contribution in [0.2, 0.25) is 0 Å². The molecule has 5 heteroatoms. The normalized spacial score (nSPS) is 26.8. The van der Waals surface area contributed by atoms with Crippen LogP contribution in [0.4, 0.5) is 4.39 Å². The van der Waals surface area contributed by atoms with Crippen molar-refractivity contribution in [1.82, 2.24) is 10.6 Å². The van der Waals surface area contributed by atoms with E-state index in [9.17, 15) is 14.0 Å². The number of fused-ring (bicyclic) bond motifs is 2. The summed E-state index contributed by atoms with van der Waals surface area (Å²) in [4.78, 5) is 23.9. The van der Waals surface area contributed by atoms with Crippen LogP contribution in [0, 0.1) is 23.6 Å². The first kappa shape index (κ1) is 16.0. The predicted molar refractivity (Wildman–Crippen MR) is 85.3 cm³/mol. The van der Waals surface area contributed by atoms with Gasteiger partial charge >= 0.3 is 0 Å². The highest BCUT2D eigenvalue weighted by molar-refractivity contribution is 5.96. The molecule has 4 atom stereocenters. The van der Waals surface area contributed by atoms with E-state index in [-0.39, 0.29) is 30.2 Å². The largest absolute Gasteiger partial charge is 0.352 e. The highest BCUT2D eigenvalue weighted by Crippen LogP contribution is 2.49. The van der Waals surface area contributed by atoms with Crippen LogP contribution in [-0.4, -0.2) is 24.4 Å². The SMILES string of the molecule is CC(NC(=O)CNC(=O)c1ccc(F)cc1)C1CC2CCC1C2. The van der Waals surface area contributed by atoms with Crippen molar-refractivity contribution in [2.75, 3.05) is 6.54 Å². The molecule has 3 rings (SSSR count). The Morgan fingerprint density at radius 2 is 1.96 bits per heavy atom. The van der Waals surface area contributed by atoms with Crippen molar-refractivity contribution < 1.29 is 14.0 Å². The Labute approximate surface area is 135 Å². The average Bonchev–Trinajstić information content (AvgIpc) is 3.16. The first-order chi connectivity index (χ1) is 11.0. The van der Waals surface area contributed by atoms with E-state index in [1.807, 2.05) is 0 Å². The van der Waals surface area contributed by atoms with Gasteiger partial charge in [0, 0.05) is 11.6 Å². The van der Waals surface area contributed by atoms with Crippen molar-refractivity contribution in [2.24, 2.45) is 17.8 Å². The van der Waals surface area contributed by atoms with Gasteiger partial charge in [0.05, 0.1) is 6.54 Å². The summed E-state index contributed by atoms with van der Waals surface area (Å²) in [6.07, 6.45) is 5.16. The highest BCUT2D eigenvalue weighted by Gasteiger charge is 2.42. The van der Waals surface area contributed by atoms with Gasteiger partial charge in [0.2, 0.25) is 5.91 Å². The fourth-order valence-electron chi connectivity index (χ4n) is 4.18. The van der Waals surface area contributed by atoms with E-state index in [0.717, 1.165) is 11.8 Å². The smallest absolute Gasteiger partial charge is 0.251 e. The molecule has 4 nitrogen and oxygen atoms in total. The van der Waals surface area contributed by atoms with Gasteiger partial charge in [0.25, 0.3) is 5.91 Å². The minimum absolute atomic E-state index is 0.0542. The molecule has 23 heavy (non-hydrogen) atoms. The van der Waals surface area contributed by atoms with Gasteiger partial charge in [-0.15, -0.1) is 0 Å². The number of hydrogen-bond acceptors (Lipinski definition) is 2. The quantitative estimate of drug-likeness (QED) is 0.876. The van der Waals surface area contributed by atoms with Gasteiger partial charge in [0.1, 0.15) is 5.82 Å². The number of halogens is 1. The van der Waals surface area contributed by atoms with Crippen molar-refractivity contribution in [2.45, 2.75) is 38.6 Å². The van der Waals surface area contributed by atoms with Gasteiger partial charge in [0.15, 0.2) is 0 Å². The van der Waals surface area contributed by atoms with E-state index in [1.165, 1.54) is 49.9 Å². The van der Waals surface area contributed by atoms with Crippen molar-refractivity contribution in [3.05, 3.63) is 35.6 Å². The molecule has 0 spiro atoms. The lowest BCUT2D eigenvalue weighted by atomic mass is 9.84. The molecule has 2 bridgehead atoms. The minimum atomic E-state index is -0.390. The number of carbonyl (C=O) groups excluding carboxylic acids is 2. The van der Waals surface area contributed by atoms with Crippen molar-refractivity contribution in [3.63, 3.8) is 0 Å². The standard InChI is InChI=1S/C18H23FN2O2/c1-11(16-9-12-2-3-14(16)8-12)21-17(22)10-20-18(23)13-4-6-15(19)7-5-13/h4-7,11-12,14,16H,2-3,8-10H2,1H3,(H,20,23)(H,21,22). The highest BCUT2D eigenvalue weighted by atomic mass is 19.1. The molecule has 2 saturated carbocycles. The zero-order valence-electron chi connectivity index (χ0n) is 13.3. The van der Waals surface area contributed by atoms with Gasteiger partial charge in [-0.2, -0.15) is 0 Å². The number of nitrogens with one attached hydrogen (secondary N) is 2. The maximum Gasteiger partial charge on any atom is 0.251 e. The lowest BCUT2D eigenvalue weighted by Gasteiger charge is -2.28. The van der Waals surface area contributed by atoms with E-state index in [0.29, 0.717) is 11.5 Å². The van der Waals surface area contributed by atoms with Gasteiger partial charge in [-0.05, 0) is 68.2 Å². The molecular formula is C18H23FN2O2. The van der Waals surface area contributed by atoms with Gasteiger partial charge in [-0.25, -0.2) is 4.39 Å². The zero-order valence-corrected chi connectivity index (χ0v) is 13.3. The molecule has 2 aliphatic carbocycles. The first-order valence-corrected chi connectivity index (χ1v) is 8.36. The van der Waals surface area contributed by atoms with Crippen LogP contribution in [0.1, 0.15) is 43.0 Å². The Hall–Kier alpha value is -1.91. The summed E-state index contributed by atoms with van der Waals surface area (Å²) in [5, 5.41) is 5.58. The Bertz CT molecular complexity index is 587. The fraction of sp³-hybridized carbons (Fsp3) is 0.556. The van der Waals surface area contributed by atoms with Crippen LogP contribution in [0.5, 0.6) is 0 Å². The molecule has 2 aliphatic rings. The summed E-state index contributed by atoms with van der Waals surface area (Å²) in [6, 6.07) is 5.42. The van der Waals surface area contributed by atoms with Crippen molar-refractivity contribution >= 4 is 11.8 Å². The van der Waals surface area contributed by atoms with E-state index >= 15 is 0 Å². The maximum absolute atomic E-state index is 12.8. The zero-order chi connectivity index (χ0) is 16.4. The van der Waals surface area contributed by atoms with Gasteiger partial charge in [-0.3, -0.25) is 9.59 Å². The Kier molecular flexibility index (Phi) is 4.64. The summed E-state index contributed by atoms with van der Waals surface area (Å²) >= 11 is 0. The molecule has 2 amide bonds. The number of benzene rings is 1. The van der Waals surface area contributed by atoms with Crippen LogP contribution in [0.3, 0.4) is 0 Å². The van der Waals surface area contributed by atoms with Crippen molar-refractivity contribution in [1.29, 1.82) is 0 Å². The molecular weight excluding hydrogens is 295 g/mol. The average molecular weight is 318 g/mol. The van der Waals surface area contributed by atoms with E-state index in [4.69, 9.17) is 0 Å². The second-order valence-corrected chi connectivity index (χ2v) is 6.88. The maximum atomic E-state index is 12.8. The summed E-state index contributed by atoms with van der Waals surface area (Å²) < 4.78 is 12.8. The molecule has 0 aromatic heterocycles. The minimum Gasteiger partial charge on any atom is -0.352 e. The summed E-state index contributed by atoms with van der Waals surface area (Å²) in [5.41, 5.74) is 0.348. The Morgan fingerprint density at radius 3 is 2.57 bits per heavy atom. The predicted octanol–water partition coefficient (Wildman–Crippen LogP) is 2.50. The molecule has 0 saturated heterocycles. The second-order valence-electron chi connectivity index (χ2n) is 6.88. The topological polar surface area (TPSA) is 58.2 Å². The molecule has 0 heterocycles. The summed E-state index contributed by atoms with van der Waals surface area (Å²) in [6.45, 7) is 2.01. The molecule has 0 aliphatic heterocycles. The number of hydrogen-bond donors (Lipinski definition) is 2. The monoisotopic (exact) mass is 318 g/mol. The number of rotatable bonds is 5. The van der Waals surface area contributed by atoms with E-state index < -0.39 is 0 Å². The van der Waals surface area contributed by atoms with Crippen LogP contribution < -0.4 is 10.6 Å². The van der Waals surface area contributed by atoms with Gasteiger partial charge < -0.3 is 10.6 Å². The van der Waals surface area contributed by atoms with Crippen LogP contribution in [0.25, 0.3) is 0 Å². The van der Waals surface area contributed by atoms with Crippen LogP contribution in [0.15, 0.2) is 24.3 Å². The van der Waals surface area contributed by atoms with Gasteiger partial charge in [-0.1, -0.05) is 6.42 Å². The first-order valence-electron chi connectivity index (χ1n) is 8.36. The lowest BCUT2D eigenvalue weighted by molar-refractivity contribution is -0.121. The van der Waals surface area contributed by atoms with Crippen LogP contribution >= 0.6 is 0 Å².